The van der Waals surface area contributed by atoms with Gasteiger partial charge in [-0.2, -0.15) is 0 Å². The molecule has 3 aromatic rings. The molecule has 7 nitrogen and oxygen atoms in total. The molecule has 36 heavy (non-hydrogen) atoms. The van der Waals surface area contributed by atoms with Gasteiger partial charge in [-0.25, -0.2) is 4.79 Å². The van der Waals surface area contributed by atoms with Crippen molar-refractivity contribution in [2.45, 2.75) is 52.3 Å². The van der Waals surface area contributed by atoms with Crippen LogP contribution in [0.1, 0.15) is 44.0 Å². The minimum Gasteiger partial charge on any atom is -0.444 e. The van der Waals surface area contributed by atoms with E-state index in [-0.39, 0.29) is 46.9 Å². The third-order valence-corrected chi connectivity index (χ3v) is 6.67. The maximum atomic E-state index is 13.0. The number of nitrogens with zero attached hydrogens (tertiary/aromatic N) is 3. The minimum atomic E-state index is -0.551. The van der Waals surface area contributed by atoms with Gasteiger partial charge in [0.05, 0.1) is 22.6 Å². The first-order valence-electron chi connectivity index (χ1n) is 11.7. The Morgan fingerprint density at radius 2 is 1.78 bits per heavy atom. The second-order valence-corrected chi connectivity index (χ2v) is 10.8. The van der Waals surface area contributed by atoms with Crippen molar-refractivity contribution in [2.24, 2.45) is 5.92 Å². The van der Waals surface area contributed by atoms with Crippen LogP contribution in [0.4, 0.5) is 4.79 Å². The highest BCUT2D eigenvalue weighted by molar-refractivity contribution is 8.93. The zero-order valence-electron chi connectivity index (χ0n) is 20.6. The van der Waals surface area contributed by atoms with Crippen LogP contribution in [-0.4, -0.2) is 44.6 Å². The van der Waals surface area contributed by atoms with E-state index in [9.17, 15) is 9.59 Å². The fourth-order valence-electron chi connectivity index (χ4n) is 4.53. The fourth-order valence-corrected chi connectivity index (χ4v) is 4.93. The summed E-state index contributed by atoms with van der Waals surface area (Å²) in [5, 5.41) is 10.0. The Labute approximate surface area is 231 Å². The molecule has 4 rings (SSSR count). The Morgan fingerprint density at radius 3 is 2.44 bits per heavy atom. The van der Waals surface area contributed by atoms with E-state index in [0.29, 0.717) is 35.2 Å². The maximum Gasteiger partial charge on any atom is 0.410 e. The highest BCUT2D eigenvalue weighted by atomic mass is 79.9. The molecule has 1 fully saturated rings. The minimum absolute atomic E-state index is 0. The van der Waals surface area contributed by atoms with E-state index in [4.69, 9.17) is 33.3 Å². The van der Waals surface area contributed by atoms with E-state index in [1.54, 1.807) is 39.8 Å². The summed E-state index contributed by atoms with van der Waals surface area (Å²) in [6, 6.07) is 12.2. The third kappa shape index (κ3) is 6.33. The summed E-state index contributed by atoms with van der Waals surface area (Å²) in [5.41, 5.74) is 1.63. The molecule has 2 aromatic carbocycles. The molecule has 10 heteroatoms. The summed E-state index contributed by atoms with van der Waals surface area (Å²) in [4.78, 5) is 27.3. The van der Waals surface area contributed by atoms with Crippen molar-refractivity contribution < 1.29 is 14.3 Å². The van der Waals surface area contributed by atoms with Crippen LogP contribution in [-0.2, 0) is 17.8 Å². The van der Waals surface area contributed by atoms with Crippen molar-refractivity contribution in [2.75, 3.05) is 13.1 Å². The Balaban J connectivity index is 0.00000361. The lowest BCUT2D eigenvalue weighted by Gasteiger charge is -2.34. The number of benzene rings is 2. The Bertz CT molecular complexity index is 1310. The normalized spacial score (nSPS) is 16.0. The number of para-hydroxylation sites is 1. The number of halogens is 3. The average Bonchev–Trinajstić information content (AvgIpc) is 3.05. The van der Waals surface area contributed by atoms with Gasteiger partial charge in [0.25, 0.3) is 0 Å². The molecule has 0 spiro atoms. The zero-order valence-corrected chi connectivity index (χ0v) is 23.8. The number of imidazole rings is 1. The van der Waals surface area contributed by atoms with Crippen LogP contribution in [0.5, 0.6) is 0 Å². The van der Waals surface area contributed by atoms with Gasteiger partial charge < -0.3 is 18.8 Å². The first-order valence-corrected chi connectivity index (χ1v) is 12.5. The largest absolute Gasteiger partial charge is 0.444 e. The molecule has 1 saturated heterocycles. The summed E-state index contributed by atoms with van der Waals surface area (Å²) >= 11 is 12.5. The Kier molecular flexibility index (Phi) is 8.96. The summed E-state index contributed by atoms with van der Waals surface area (Å²) in [6.45, 7) is 7.30. The number of fused-ring (bicyclic) bond motifs is 1. The van der Waals surface area contributed by atoms with Crippen LogP contribution in [0.15, 0.2) is 42.5 Å². The molecule has 1 aliphatic heterocycles. The van der Waals surface area contributed by atoms with Crippen molar-refractivity contribution in [3.63, 3.8) is 0 Å². The van der Waals surface area contributed by atoms with Crippen molar-refractivity contribution in [1.29, 1.82) is 5.41 Å². The molecule has 0 aliphatic carbocycles. The lowest BCUT2D eigenvalue weighted by molar-refractivity contribution is 0.0157. The number of nitrogens with one attached hydrogen (secondary N) is 1. The number of ether oxygens (including phenoxy) is 1. The molecule has 0 saturated carbocycles. The SMILES string of the molecule is Br.CC(C)(C)OC(=O)N1CCCC(Cn2c(=N)n(CC(=O)c3ccc(Cl)cc3)c3cccc(Cl)c32)C1. The van der Waals surface area contributed by atoms with Gasteiger partial charge in [0, 0.05) is 30.2 Å². The van der Waals surface area contributed by atoms with E-state index >= 15 is 0 Å². The van der Waals surface area contributed by atoms with Crippen LogP contribution < -0.4 is 5.62 Å². The number of ketones is 1. The van der Waals surface area contributed by atoms with E-state index in [0.717, 1.165) is 23.9 Å². The molecule has 1 amide bonds. The highest BCUT2D eigenvalue weighted by Gasteiger charge is 2.29. The van der Waals surface area contributed by atoms with Crippen molar-refractivity contribution in [1.82, 2.24) is 14.0 Å². The third-order valence-electron chi connectivity index (χ3n) is 6.12. The molecule has 2 heterocycles. The van der Waals surface area contributed by atoms with Gasteiger partial charge in [0.15, 0.2) is 5.78 Å². The fraction of sp³-hybridized carbons (Fsp3) is 0.423. The number of carbonyl (C=O) groups excluding carboxylic acids is 2. The van der Waals surface area contributed by atoms with Crippen LogP contribution in [0.25, 0.3) is 11.0 Å². The van der Waals surface area contributed by atoms with Crippen molar-refractivity contribution in [3.8, 4) is 0 Å². The quantitative estimate of drug-likeness (QED) is 0.349. The number of hydrogen-bond acceptors (Lipinski definition) is 4. The molecule has 194 valence electrons. The van der Waals surface area contributed by atoms with Crippen LogP contribution >= 0.6 is 40.2 Å². The van der Waals surface area contributed by atoms with E-state index < -0.39 is 5.60 Å². The monoisotopic (exact) mass is 596 g/mol. The Morgan fingerprint density at radius 1 is 1.08 bits per heavy atom. The molecule has 0 radical (unpaired) electrons. The van der Waals surface area contributed by atoms with Crippen LogP contribution in [0.2, 0.25) is 10.0 Å². The molecule has 0 bridgehead atoms. The summed E-state index contributed by atoms with van der Waals surface area (Å²) in [5.74, 6) is 0.0145. The summed E-state index contributed by atoms with van der Waals surface area (Å²) in [6.07, 6.45) is 1.47. The number of hydrogen-bond donors (Lipinski definition) is 1. The molecule has 1 atom stereocenters. The summed E-state index contributed by atoms with van der Waals surface area (Å²) in [7, 11) is 0. The van der Waals surface area contributed by atoms with Gasteiger partial charge in [-0.1, -0.05) is 29.3 Å². The number of likely N-dealkylation sites (tertiary alicyclic amines) is 1. The number of amides is 1. The number of aromatic nitrogens is 2. The van der Waals surface area contributed by atoms with E-state index in [1.165, 1.54) is 0 Å². The predicted molar refractivity (Wildman–Crippen MR) is 147 cm³/mol. The second kappa shape index (κ2) is 11.4. The first-order chi connectivity index (χ1) is 16.5. The van der Waals surface area contributed by atoms with E-state index in [2.05, 4.69) is 0 Å². The maximum absolute atomic E-state index is 13.0. The number of piperidine rings is 1. The van der Waals surface area contributed by atoms with Gasteiger partial charge in [0.1, 0.15) is 5.60 Å². The van der Waals surface area contributed by atoms with Gasteiger partial charge in [-0.15, -0.1) is 17.0 Å². The van der Waals surface area contributed by atoms with Gasteiger partial charge >= 0.3 is 6.09 Å². The van der Waals surface area contributed by atoms with Crippen LogP contribution in [0, 0.1) is 11.3 Å². The first kappa shape index (κ1) is 28.3. The van der Waals surface area contributed by atoms with Gasteiger partial charge in [-0.3, -0.25) is 10.2 Å². The molecule has 1 aliphatic rings. The lowest BCUT2D eigenvalue weighted by Crippen LogP contribution is -2.44. The molecular formula is C26H31BrCl2N4O3. The smallest absolute Gasteiger partial charge is 0.410 e. The lowest BCUT2D eigenvalue weighted by atomic mass is 9.98. The number of carbonyl (C=O) groups is 2. The molecule has 1 unspecified atom stereocenters. The molecular weight excluding hydrogens is 567 g/mol. The second-order valence-electron chi connectivity index (χ2n) is 9.99. The topological polar surface area (TPSA) is 80.3 Å². The number of Topliss-reactive ketones (excluding diaryl/α,β-unsaturated/α-hetero) is 1. The highest BCUT2D eigenvalue weighted by Crippen LogP contribution is 2.26. The standard InChI is InChI=1S/C26H30Cl2N4O3.BrH/c1-26(2,3)35-25(34)30-13-5-6-17(14-30)15-32-23-20(28)7-4-8-21(23)31(24(32)29)16-22(33)18-9-11-19(27)12-10-18;/h4,7-12,17,29H,5-6,13-16H2,1-3H3;1H. The molecule has 1 aromatic heterocycles. The predicted octanol–water partition coefficient (Wildman–Crippen LogP) is 6.34. The van der Waals surface area contributed by atoms with Crippen molar-refractivity contribution in [3.05, 3.63) is 63.7 Å². The van der Waals surface area contributed by atoms with E-state index in [1.807, 2.05) is 37.5 Å². The average molecular weight is 598 g/mol. The zero-order chi connectivity index (χ0) is 25.3. The van der Waals surface area contributed by atoms with Gasteiger partial charge in [0.2, 0.25) is 5.62 Å². The Hall–Kier alpha value is -2.29. The number of rotatable bonds is 5. The molecule has 1 N–H and O–H groups in total. The van der Waals surface area contributed by atoms with Crippen LogP contribution in [0.3, 0.4) is 0 Å². The van der Waals surface area contributed by atoms with Crippen molar-refractivity contribution >= 4 is 63.1 Å². The van der Waals surface area contributed by atoms with Gasteiger partial charge in [-0.05, 0) is 75.9 Å². The summed E-state index contributed by atoms with van der Waals surface area (Å²) < 4.78 is 9.10.